The van der Waals surface area contributed by atoms with E-state index in [2.05, 4.69) is 13.8 Å². The predicted molar refractivity (Wildman–Crippen MR) is 75.0 cm³/mol. The summed E-state index contributed by atoms with van der Waals surface area (Å²) in [6, 6.07) is 7.10. The van der Waals surface area contributed by atoms with Crippen LogP contribution in [0.1, 0.15) is 36.2 Å². The number of nitrogens with zero attached hydrogens (tertiary/aromatic N) is 1. The minimum atomic E-state index is -0.200. The van der Waals surface area contributed by atoms with Crippen LogP contribution in [0.2, 0.25) is 0 Å². The summed E-state index contributed by atoms with van der Waals surface area (Å²) in [4.78, 5) is 25.6. The van der Waals surface area contributed by atoms with Gasteiger partial charge in [-0.3, -0.25) is 14.5 Å². The van der Waals surface area contributed by atoms with Crippen LogP contribution < -0.4 is 0 Å². The molecule has 102 valence electrons. The highest BCUT2D eigenvalue weighted by Gasteiger charge is 2.35. The molecular formula is C15H18ClNO2. The molecule has 0 N–H and O–H groups in total. The summed E-state index contributed by atoms with van der Waals surface area (Å²) >= 11 is 5.71. The summed E-state index contributed by atoms with van der Waals surface area (Å²) < 4.78 is 0. The number of halogens is 1. The van der Waals surface area contributed by atoms with Crippen LogP contribution in [0.4, 0.5) is 0 Å². The molecule has 0 saturated carbocycles. The topological polar surface area (TPSA) is 37.4 Å². The molecule has 0 aromatic heterocycles. The van der Waals surface area contributed by atoms with Gasteiger partial charge in [0.1, 0.15) is 0 Å². The van der Waals surface area contributed by atoms with Gasteiger partial charge in [-0.05, 0) is 29.5 Å². The Morgan fingerprint density at radius 1 is 1.37 bits per heavy atom. The lowest BCUT2D eigenvalue weighted by molar-refractivity contribution is -0.125. The summed E-state index contributed by atoms with van der Waals surface area (Å²) in [6.45, 7) is 4.70. The third-order valence-corrected chi connectivity index (χ3v) is 4.01. The Hall–Kier alpha value is -1.35. The number of carbonyl (C=O) groups is 2. The van der Waals surface area contributed by atoms with Crippen molar-refractivity contribution in [2.45, 2.75) is 26.1 Å². The van der Waals surface area contributed by atoms with Gasteiger partial charge in [0, 0.05) is 24.4 Å². The van der Waals surface area contributed by atoms with Crippen LogP contribution in [0, 0.1) is 11.8 Å². The lowest BCUT2D eigenvalue weighted by Gasteiger charge is -2.16. The van der Waals surface area contributed by atoms with E-state index in [-0.39, 0.29) is 17.7 Å². The molecule has 1 fully saturated rings. The predicted octanol–water partition coefficient (Wildman–Crippen LogP) is 3.07. The van der Waals surface area contributed by atoms with Crippen LogP contribution in [-0.4, -0.2) is 23.3 Å². The van der Waals surface area contributed by atoms with E-state index in [0.29, 0.717) is 30.3 Å². The third kappa shape index (κ3) is 2.98. The molecule has 2 amide bonds. The summed E-state index contributed by atoms with van der Waals surface area (Å²) in [6.07, 6.45) is 0.475. The Balaban J connectivity index is 2.13. The van der Waals surface area contributed by atoms with Crippen LogP contribution in [0.25, 0.3) is 0 Å². The minimum absolute atomic E-state index is 0.0647. The maximum Gasteiger partial charge on any atom is 0.260 e. The van der Waals surface area contributed by atoms with Crippen LogP contribution >= 0.6 is 11.6 Å². The van der Waals surface area contributed by atoms with Crippen molar-refractivity contribution in [2.75, 3.05) is 6.54 Å². The molecule has 4 heteroatoms. The van der Waals surface area contributed by atoms with Gasteiger partial charge in [-0.15, -0.1) is 11.6 Å². The van der Waals surface area contributed by atoms with Gasteiger partial charge >= 0.3 is 0 Å². The zero-order valence-electron chi connectivity index (χ0n) is 11.2. The highest BCUT2D eigenvalue weighted by atomic mass is 35.5. The smallest absolute Gasteiger partial charge is 0.260 e. The van der Waals surface area contributed by atoms with Crippen LogP contribution in [-0.2, 0) is 10.7 Å². The van der Waals surface area contributed by atoms with Crippen molar-refractivity contribution in [3.8, 4) is 0 Å². The van der Waals surface area contributed by atoms with Gasteiger partial charge < -0.3 is 0 Å². The first-order chi connectivity index (χ1) is 9.02. The van der Waals surface area contributed by atoms with E-state index >= 15 is 0 Å². The fourth-order valence-electron chi connectivity index (χ4n) is 2.27. The molecule has 0 aliphatic carbocycles. The van der Waals surface area contributed by atoms with E-state index in [1.165, 1.54) is 4.90 Å². The number of imide groups is 1. The Morgan fingerprint density at radius 2 is 2.00 bits per heavy atom. The first-order valence-corrected chi connectivity index (χ1v) is 7.06. The van der Waals surface area contributed by atoms with Gasteiger partial charge in [0.2, 0.25) is 5.91 Å². The molecular weight excluding hydrogens is 262 g/mol. The van der Waals surface area contributed by atoms with Crippen molar-refractivity contribution in [2.24, 2.45) is 11.8 Å². The average molecular weight is 280 g/mol. The molecule has 1 aromatic carbocycles. The molecule has 1 aromatic rings. The van der Waals surface area contributed by atoms with E-state index in [9.17, 15) is 9.59 Å². The molecule has 1 aliphatic heterocycles. The fourth-order valence-corrected chi connectivity index (χ4v) is 2.45. The molecule has 1 unspecified atom stereocenters. The molecule has 19 heavy (non-hydrogen) atoms. The van der Waals surface area contributed by atoms with E-state index in [0.717, 1.165) is 5.56 Å². The largest absolute Gasteiger partial charge is 0.278 e. The third-order valence-electron chi connectivity index (χ3n) is 3.70. The standard InChI is InChI=1S/C15H18ClNO2/c1-10(2)13-7-14(18)17(9-13)15(19)12-5-3-11(8-16)4-6-12/h3-6,10,13H,7-9H2,1-2H3. The minimum Gasteiger partial charge on any atom is -0.278 e. The number of amides is 2. The van der Waals surface area contributed by atoms with Crippen LogP contribution in [0.15, 0.2) is 24.3 Å². The van der Waals surface area contributed by atoms with Crippen molar-refractivity contribution in [1.29, 1.82) is 0 Å². The number of hydrogen-bond donors (Lipinski definition) is 0. The van der Waals surface area contributed by atoms with Gasteiger partial charge in [0.05, 0.1) is 0 Å². The maximum absolute atomic E-state index is 12.3. The van der Waals surface area contributed by atoms with Crippen molar-refractivity contribution in [1.82, 2.24) is 4.90 Å². The molecule has 0 spiro atoms. The zero-order valence-corrected chi connectivity index (χ0v) is 12.0. The molecule has 0 bridgehead atoms. The fraction of sp³-hybridized carbons (Fsp3) is 0.467. The summed E-state index contributed by atoms with van der Waals surface area (Å²) in [5.74, 6) is 0.852. The molecule has 0 radical (unpaired) electrons. The van der Waals surface area contributed by atoms with E-state index in [1.54, 1.807) is 12.1 Å². The van der Waals surface area contributed by atoms with Crippen LogP contribution in [0.5, 0.6) is 0 Å². The van der Waals surface area contributed by atoms with Gasteiger partial charge in [-0.25, -0.2) is 0 Å². The summed E-state index contributed by atoms with van der Waals surface area (Å²) in [7, 11) is 0. The molecule has 3 nitrogen and oxygen atoms in total. The monoisotopic (exact) mass is 279 g/mol. The summed E-state index contributed by atoms with van der Waals surface area (Å²) in [5.41, 5.74) is 1.51. The first-order valence-electron chi connectivity index (χ1n) is 6.52. The molecule has 1 saturated heterocycles. The van der Waals surface area contributed by atoms with Gasteiger partial charge in [-0.1, -0.05) is 26.0 Å². The van der Waals surface area contributed by atoms with E-state index in [4.69, 9.17) is 11.6 Å². The van der Waals surface area contributed by atoms with Gasteiger partial charge in [0.25, 0.3) is 5.91 Å². The number of likely N-dealkylation sites (tertiary alicyclic amines) is 1. The second kappa shape index (κ2) is 5.74. The maximum atomic E-state index is 12.3. The van der Waals surface area contributed by atoms with Crippen molar-refractivity contribution >= 4 is 23.4 Å². The average Bonchev–Trinajstić information content (AvgIpc) is 2.80. The normalized spacial score (nSPS) is 19.3. The van der Waals surface area contributed by atoms with Crippen LogP contribution in [0.3, 0.4) is 0 Å². The van der Waals surface area contributed by atoms with Crippen molar-refractivity contribution < 1.29 is 9.59 Å². The molecule has 1 atom stereocenters. The van der Waals surface area contributed by atoms with E-state index in [1.807, 2.05) is 12.1 Å². The summed E-state index contributed by atoms with van der Waals surface area (Å²) in [5, 5.41) is 0. The number of alkyl halides is 1. The van der Waals surface area contributed by atoms with Crippen molar-refractivity contribution in [3.63, 3.8) is 0 Å². The van der Waals surface area contributed by atoms with Gasteiger partial charge in [-0.2, -0.15) is 0 Å². The van der Waals surface area contributed by atoms with Crippen molar-refractivity contribution in [3.05, 3.63) is 35.4 Å². The van der Waals surface area contributed by atoms with E-state index < -0.39 is 0 Å². The Morgan fingerprint density at radius 3 is 2.47 bits per heavy atom. The number of rotatable bonds is 3. The molecule has 2 rings (SSSR count). The first kappa shape index (κ1) is 14.1. The second-order valence-corrected chi connectivity index (χ2v) is 5.62. The van der Waals surface area contributed by atoms with Gasteiger partial charge in [0.15, 0.2) is 0 Å². The molecule has 1 heterocycles. The lowest BCUT2D eigenvalue weighted by Crippen LogP contribution is -2.32. The highest BCUT2D eigenvalue weighted by Crippen LogP contribution is 2.26. The SMILES string of the molecule is CC(C)C1CC(=O)N(C(=O)c2ccc(CCl)cc2)C1. The number of carbonyl (C=O) groups excluding carboxylic acids is 2. The Bertz CT molecular complexity index is 481. The Labute approximate surface area is 118 Å². The lowest BCUT2D eigenvalue weighted by atomic mass is 9.95. The highest BCUT2D eigenvalue weighted by molar-refractivity contribution is 6.17. The second-order valence-electron chi connectivity index (χ2n) is 5.35. The number of hydrogen-bond acceptors (Lipinski definition) is 2. The Kier molecular flexibility index (Phi) is 4.25. The molecule has 1 aliphatic rings. The number of benzene rings is 1. The zero-order chi connectivity index (χ0) is 14.0. The quantitative estimate of drug-likeness (QED) is 0.630.